The molecule has 5 N–H and O–H groups in total. The number of rotatable bonds is 11. The fourth-order valence-corrected chi connectivity index (χ4v) is 4.52. The summed E-state index contributed by atoms with van der Waals surface area (Å²) in [4.78, 5) is 38.3. The number of carbonyl (C=O) groups excluding carboxylic acids is 1. The number of urea groups is 1. The lowest BCUT2D eigenvalue weighted by Gasteiger charge is -2.19. The summed E-state index contributed by atoms with van der Waals surface area (Å²) in [6.45, 7) is 1.61. The second-order valence-corrected chi connectivity index (χ2v) is 9.78. The normalized spacial score (nSPS) is 11.3. The molecule has 1 atom stereocenters. The molecule has 4 aromatic carbocycles. The van der Waals surface area contributed by atoms with Crippen LogP contribution in [0.5, 0.6) is 5.75 Å². The SMILES string of the molecule is COc1ccccc1NC(=O)Nc1nc(Nc2ccccc2-c2ccccc2)nc(C(NCC(=O)O)c2ccc(C)cc2)n1. The molecule has 44 heavy (non-hydrogen) atoms. The number of carboxylic acid groups (broad SMARTS) is 1. The Labute approximate surface area is 254 Å². The summed E-state index contributed by atoms with van der Waals surface area (Å²) in [5.74, 6) is -0.245. The molecule has 0 bridgehead atoms. The van der Waals surface area contributed by atoms with Crippen LogP contribution in [0.25, 0.3) is 11.1 Å². The van der Waals surface area contributed by atoms with Gasteiger partial charge in [0.1, 0.15) is 5.75 Å². The number of hydrogen-bond acceptors (Lipinski definition) is 8. The van der Waals surface area contributed by atoms with Gasteiger partial charge < -0.3 is 20.5 Å². The second-order valence-electron chi connectivity index (χ2n) is 9.78. The zero-order chi connectivity index (χ0) is 30.9. The lowest BCUT2D eigenvalue weighted by molar-refractivity contribution is -0.136. The molecular formula is C33H31N7O4. The summed E-state index contributed by atoms with van der Waals surface area (Å²) in [5, 5.41) is 21.2. The number of nitrogens with one attached hydrogen (secondary N) is 4. The Balaban J connectivity index is 1.54. The van der Waals surface area contributed by atoms with Gasteiger partial charge in [0, 0.05) is 11.3 Å². The van der Waals surface area contributed by atoms with Crippen molar-refractivity contribution < 1.29 is 19.4 Å². The van der Waals surface area contributed by atoms with Crippen molar-refractivity contribution >= 4 is 35.3 Å². The molecule has 0 spiro atoms. The zero-order valence-corrected chi connectivity index (χ0v) is 24.1. The molecule has 2 amide bonds. The molecule has 1 heterocycles. The first kappa shape index (κ1) is 29.7. The molecule has 0 saturated heterocycles. The van der Waals surface area contributed by atoms with Crippen molar-refractivity contribution in [3.63, 3.8) is 0 Å². The lowest BCUT2D eigenvalue weighted by Crippen LogP contribution is -2.30. The number of aliphatic carboxylic acids is 1. The highest BCUT2D eigenvalue weighted by Gasteiger charge is 2.22. The third kappa shape index (κ3) is 7.52. The summed E-state index contributed by atoms with van der Waals surface area (Å²) in [5.41, 5.74) is 4.86. The van der Waals surface area contributed by atoms with Crippen molar-refractivity contribution in [3.05, 3.63) is 120 Å². The molecule has 0 fully saturated rings. The van der Waals surface area contributed by atoms with Gasteiger partial charge >= 0.3 is 12.0 Å². The molecule has 1 aromatic heterocycles. The number of nitrogens with zero attached hydrogens (tertiary/aromatic N) is 3. The van der Waals surface area contributed by atoms with Gasteiger partial charge in [-0.05, 0) is 36.2 Å². The van der Waals surface area contributed by atoms with Crippen LogP contribution in [-0.2, 0) is 4.79 Å². The number of carboxylic acids is 1. The van der Waals surface area contributed by atoms with Crippen LogP contribution >= 0.6 is 0 Å². The van der Waals surface area contributed by atoms with Crippen LogP contribution in [-0.4, -0.2) is 45.7 Å². The van der Waals surface area contributed by atoms with E-state index in [1.807, 2.05) is 85.8 Å². The lowest BCUT2D eigenvalue weighted by atomic mass is 10.0. The van der Waals surface area contributed by atoms with Gasteiger partial charge in [-0.2, -0.15) is 15.0 Å². The number of aromatic nitrogens is 3. The van der Waals surface area contributed by atoms with Gasteiger partial charge in [0.2, 0.25) is 11.9 Å². The minimum absolute atomic E-state index is 0.0451. The number of anilines is 4. The summed E-state index contributed by atoms with van der Waals surface area (Å²) >= 11 is 0. The van der Waals surface area contributed by atoms with E-state index in [1.54, 1.807) is 24.3 Å². The zero-order valence-electron chi connectivity index (χ0n) is 24.1. The molecule has 11 heteroatoms. The van der Waals surface area contributed by atoms with Gasteiger partial charge in [0.15, 0.2) is 5.82 Å². The topological polar surface area (TPSA) is 150 Å². The molecule has 0 aliphatic carbocycles. The van der Waals surface area contributed by atoms with Crippen molar-refractivity contribution in [2.24, 2.45) is 0 Å². The highest BCUT2D eigenvalue weighted by Crippen LogP contribution is 2.30. The number of aryl methyl sites for hydroxylation is 1. The molecule has 5 rings (SSSR count). The van der Waals surface area contributed by atoms with Gasteiger partial charge in [-0.25, -0.2) is 4.79 Å². The van der Waals surface area contributed by atoms with Crippen LogP contribution in [0.1, 0.15) is 23.0 Å². The number of carbonyl (C=O) groups is 2. The first-order valence-corrected chi connectivity index (χ1v) is 13.8. The summed E-state index contributed by atoms with van der Waals surface area (Å²) in [7, 11) is 1.51. The maximum absolute atomic E-state index is 13.1. The van der Waals surface area contributed by atoms with Crippen molar-refractivity contribution in [2.75, 3.05) is 29.6 Å². The quantitative estimate of drug-likeness (QED) is 0.125. The summed E-state index contributed by atoms with van der Waals surface area (Å²) in [6, 6.07) is 30.8. The molecule has 0 aliphatic heterocycles. The van der Waals surface area contributed by atoms with Crippen LogP contribution in [0.15, 0.2) is 103 Å². The Hall–Kier alpha value is -5.81. The minimum Gasteiger partial charge on any atom is -0.495 e. The molecule has 222 valence electrons. The average molecular weight is 590 g/mol. The number of hydrogen-bond donors (Lipinski definition) is 5. The van der Waals surface area contributed by atoms with Crippen molar-refractivity contribution in [3.8, 4) is 16.9 Å². The van der Waals surface area contributed by atoms with E-state index in [-0.39, 0.29) is 24.3 Å². The highest BCUT2D eigenvalue weighted by atomic mass is 16.5. The molecule has 1 unspecified atom stereocenters. The van der Waals surface area contributed by atoms with Gasteiger partial charge in [-0.3, -0.25) is 15.4 Å². The van der Waals surface area contributed by atoms with Gasteiger partial charge in [-0.1, -0.05) is 90.5 Å². The van der Waals surface area contributed by atoms with Gasteiger partial charge in [0.25, 0.3) is 0 Å². The number of methoxy groups -OCH3 is 1. The minimum atomic E-state index is -1.04. The molecule has 0 saturated carbocycles. The smallest absolute Gasteiger partial charge is 0.326 e. The van der Waals surface area contributed by atoms with Crippen LogP contribution < -0.4 is 26.0 Å². The molecular weight excluding hydrogens is 558 g/mol. The highest BCUT2D eigenvalue weighted by molar-refractivity contribution is 5.99. The van der Waals surface area contributed by atoms with Crippen molar-refractivity contribution in [1.82, 2.24) is 20.3 Å². The Morgan fingerprint density at radius 2 is 1.43 bits per heavy atom. The van der Waals surface area contributed by atoms with E-state index in [0.717, 1.165) is 27.9 Å². The van der Waals surface area contributed by atoms with E-state index in [1.165, 1.54) is 7.11 Å². The number of para-hydroxylation sites is 3. The predicted molar refractivity (Wildman–Crippen MR) is 169 cm³/mol. The van der Waals surface area contributed by atoms with Crippen LogP contribution in [0.4, 0.5) is 28.1 Å². The summed E-state index contributed by atoms with van der Waals surface area (Å²) < 4.78 is 5.33. The van der Waals surface area contributed by atoms with E-state index in [9.17, 15) is 14.7 Å². The average Bonchev–Trinajstić information content (AvgIpc) is 3.03. The maximum Gasteiger partial charge on any atom is 0.326 e. The first-order valence-electron chi connectivity index (χ1n) is 13.8. The first-order chi connectivity index (χ1) is 21.4. The number of benzene rings is 4. The van der Waals surface area contributed by atoms with Crippen LogP contribution in [0.3, 0.4) is 0 Å². The van der Waals surface area contributed by atoms with Gasteiger partial charge in [-0.15, -0.1) is 0 Å². The van der Waals surface area contributed by atoms with E-state index in [2.05, 4.69) is 36.2 Å². The third-order valence-corrected chi connectivity index (χ3v) is 6.62. The van der Waals surface area contributed by atoms with Crippen molar-refractivity contribution in [1.29, 1.82) is 0 Å². The second kappa shape index (κ2) is 13.9. The van der Waals surface area contributed by atoms with E-state index < -0.39 is 18.0 Å². The van der Waals surface area contributed by atoms with Crippen molar-refractivity contribution in [2.45, 2.75) is 13.0 Å². The molecule has 0 aliphatic rings. The van der Waals surface area contributed by atoms with E-state index in [0.29, 0.717) is 11.4 Å². The van der Waals surface area contributed by atoms with E-state index >= 15 is 0 Å². The van der Waals surface area contributed by atoms with Gasteiger partial charge in [0.05, 0.1) is 25.4 Å². The maximum atomic E-state index is 13.1. The third-order valence-electron chi connectivity index (χ3n) is 6.62. The number of ether oxygens (including phenoxy) is 1. The molecule has 5 aromatic rings. The number of amides is 2. The van der Waals surface area contributed by atoms with E-state index in [4.69, 9.17) is 4.74 Å². The Morgan fingerprint density at radius 3 is 2.16 bits per heavy atom. The summed E-state index contributed by atoms with van der Waals surface area (Å²) in [6.07, 6.45) is 0. The predicted octanol–water partition coefficient (Wildman–Crippen LogP) is 6.01. The standard InChI is InChI=1S/C33H31N7O4/c1-21-16-18-23(19-17-21)29(34-20-28(41)42)30-37-31(35-25-13-7-6-12-24(25)22-10-4-3-5-11-22)39-32(38-30)40-33(43)36-26-14-8-9-15-27(26)44-2/h3-19,29,34H,20H2,1-2H3,(H,41,42)(H3,35,36,37,38,39,40,43). The Morgan fingerprint density at radius 1 is 0.773 bits per heavy atom. The fourth-order valence-electron chi connectivity index (χ4n) is 4.52. The monoisotopic (exact) mass is 589 g/mol. The Bertz CT molecular complexity index is 1750. The van der Waals surface area contributed by atoms with Crippen LogP contribution in [0, 0.1) is 6.92 Å². The fraction of sp³-hybridized carbons (Fsp3) is 0.121. The molecule has 0 radical (unpaired) electrons. The Kier molecular flexibility index (Phi) is 9.38. The largest absolute Gasteiger partial charge is 0.495 e. The van der Waals surface area contributed by atoms with Crippen LogP contribution in [0.2, 0.25) is 0 Å². The molecule has 11 nitrogen and oxygen atoms in total.